The van der Waals surface area contributed by atoms with E-state index in [0.717, 1.165) is 0 Å². The van der Waals surface area contributed by atoms with Gasteiger partial charge in [-0.25, -0.2) is 0 Å². The minimum atomic E-state index is -0.232. The van der Waals surface area contributed by atoms with Crippen LogP contribution in [0.2, 0.25) is 0 Å². The van der Waals surface area contributed by atoms with E-state index in [9.17, 15) is 4.79 Å². The quantitative estimate of drug-likeness (QED) is 0.702. The first-order chi connectivity index (χ1) is 7.19. The maximum absolute atomic E-state index is 11.4. The van der Waals surface area contributed by atoms with Gasteiger partial charge in [-0.15, -0.1) is 0 Å². The van der Waals surface area contributed by atoms with Crippen LogP contribution in [0.4, 0.5) is 0 Å². The van der Waals surface area contributed by atoms with Gasteiger partial charge in [-0.3, -0.25) is 4.79 Å². The number of aromatic nitrogens is 1. The molecule has 0 fully saturated rings. The number of carbonyl (C=O) groups is 1. The highest BCUT2D eigenvalue weighted by atomic mass is 16.5. The molecule has 1 heterocycles. The molecule has 1 unspecified atom stereocenters. The average molecular weight is 206 g/mol. The van der Waals surface area contributed by atoms with E-state index in [0.29, 0.717) is 18.8 Å². The van der Waals surface area contributed by atoms with Crippen LogP contribution < -0.4 is 0 Å². The summed E-state index contributed by atoms with van der Waals surface area (Å²) < 4.78 is 6.64. The molecular weight excluding hydrogens is 192 g/mol. The Bertz CT molecular complexity index is 376. The smallest absolute Gasteiger partial charge is 0.310 e. The third kappa shape index (κ3) is 2.84. The monoisotopic (exact) mass is 206 g/mol. The first-order valence-electron chi connectivity index (χ1n) is 4.91. The fraction of sp³-hybridized carbons (Fsp3) is 0.455. The van der Waals surface area contributed by atoms with E-state index in [1.54, 1.807) is 36.7 Å². The molecule has 80 valence electrons. The Morgan fingerprint density at radius 1 is 1.73 bits per heavy atom. The van der Waals surface area contributed by atoms with Gasteiger partial charge < -0.3 is 9.30 Å². The Labute approximate surface area is 89.1 Å². The molecule has 4 heteroatoms. The van der Waals surface area contributed by atoms with Crippen molar-refractivity contribution >= 4 is 5.97 Å². The Morgan fingerprint density at radius 2 is 2.47 bits per heavy atom. The van der Waals surface area contributed by atoms with Crippen molar-refractivity contribution in [2.45, 2.75) is 20.4 Å². The van der Waals surface area contributed by atoms with Gasteiger partial charge in [-0.1, -0.05) is 6.92 Å². The van der Waals surface area contributed by atoms with Gasteiger partial charge in [0.25, 0.3) is 0 Å². The number of ether oxygens (including phenoxy) is 1. The molecule has 0 saturated heterocycles. The molecule has 0 spiro atoms. The summed E-state index contributed by atoms with van der Waals surface area (Å²) in [5, 5.41) is 8.78. The minimum Gasteiger partial charge on any atom is -0.466 e. The Balaban J connectivity index is 2.62. The number of carbonyl (C=O) groups excluding carboxylic acids is 1. The Hall–Kier alpha value is -1.76. The Morgan fingerprint density at radius 3 is 3.07 bits per heavy atom. The number of hydrogen-bond donors (Lipinski definition) is 0. The van der Waals surface area contributed by atoms with Crippen LogP contribution in [0.15, 0.2) is 18.3 Å². The lowest BCUT2D eigenvalue weighted by Gasteiger charge is -2.11. The van der Waals surface area contributed by atoms with Crippen molar-refractivity contribution < 1.29 is 9.53 Å². The van der Waals surface area contributed by atoms with E-state index in [1.165, 1.54) is 0 Å². The zero-order chi connectivity index (χ0) is 11.3. The number of rotatable bonds is 4. The third-order valence-electron chi connectivity index (χ3n) is 2.10. The van der Waals surface area contributed by atoms with Crippen molar-refractivity contribution in [1.82, 2.24) is 4.57 Å². The topological polar surface area (TPSA) is 55.0 Å². The predicted octanol–water partition coefficient (Wildman–Crippen LogP) is 1.56. The van der Waals surface area contributed by atoms with E-state index in [2.05, 4.69) is 6.07 Å². The molecule has 1 atom stereocenters. The molecule has 0 saturated carbocycles. The largest absolute Gasteiger partial charge is 0.466 e. The molecule has 0 aromatic carbocycles. The van der Waals surface area contributed by atoms with Crippen LogP contribution in [0, 0.1) is 17.2 Å². The lowest BCUT2D eigenvalue weighted by molar-refractivity contribution is -0.147. The lowest BCUT2D eigenvalue weighted by Crippen LogP contribution is -2.20. The zero-order valence-corrected chi connectivity index (χ0v) is 8.93. The van der Waals surface area contributed by atoms with Gasteiger partial charge in [0, 0.05) is 12.7 Å². The minimum absolute atomic E-state index is 0.227. The molecule has 1 rings (SSSR count). The first kappa shape index (κ1) is 11.3. The number of nitriles is 1. The molecule has 1 aromatic heterocycles. The van der Waals surface area contributed by atoms with Crippen LogP contribution in [0.1, 0.15) is 19.5 Å². The van der Waals surface area contributed by atoms with Gasteiger partial charge in [-0.05, 0) is 19.1 Å². The van der Waals surface area contributed by atoms with Gasteiger partial charge in [0.15, 0.2) is 0 Å². The summed E-state index contributed by atoms with van der Waals surface area (Å²) in [6, 6.07) is 5.57. The van der Waals surface area contributed by atoms with Crippen molar-refractivity contribution in [3.05, 3.63) is 24.0 Å². The van der Waals surface area contributed by atoms with Crippen molar-refractivity contribution in [1.29, 1.82) is 5.26 Å². The highest BCUT2D eigenvalue weighted by Crippen LogP contribution is 2.07. The first-order valence-corrected chi connectivity index (χ1v) is 4.91. The van der Waals surface area contributed by atoms with Crippen molar-refractivity contribution in [3.63, 3.8) is 0 Å². The summed E-state index contributed by atoms with van der Waals surface area (Å²) in [4.78, 5) is 11.4. The van der Waals surface area contributed by atoms with Crippen LogP contribution in [-0.2, 0) is 16.1 Å². The molecule has 0 aliphatic rings. The summed E-state index contributed by atoms with van der Waals surface area (Å²) in [7, 11) is 0. The second-order valence-corrected chi connectivity index (χ2v) is 3.31. The van der Waals surface area contributed by atoms with E-state index in [-0.39, 0.29) is 11.9 Å². The molecule has 0 bridgehead atoms. The zero-order valence-electron chi connectivity index (χ0n) is 8.93. The van der Waals surface area contributed by atoms with E-state index >= 15 is 0 Å². The van der Waals surface area contributed by atoms with E-state index < -0.39 is 0 Å². The van der Waals surface area contributed by atoms with Gasteiger partial charge in [0.2, 0.25) is 0 Å². The molecule has 0 N–H and O–H groups in total. The molecule has 0 aliphatic carbocycles. The number of esters is 1. The lowest BCUT2D eigenvalue weighted by atomic mass is 10.2. The van der Waals surface area contributed by atoms with Gasteiger partial charge in [0.1, 0.15) is 11.8 Å². The summed E-state index contributed by atoms with van der Waals surface area (Å²) in [5.41, 5.74) is 0.561. The van der Waals surface area contributed by atoms with Gasteiger partial charge >= 0.3 is 5.97 Å². The fourth-order valence-corrected chi connectivity index (χ4v) is 1.33. The van der Waals surface area contributed by atoms with Crippen LogP contribution in [-0.4, -0.2) is 17.1 Å². The molecule has 0 radical (unpaired) electrons. The van der Waals surface area contributed by atoms with Gasteiger partial charge in [-0.2, -0.15) is 5.26 Å². The molecule has 1 aromatic rings. The number of nitrogens with zero attached hydrogens (tertiary/aromatic N) is 2. The van der Waals surface area contributed by atoms with E-state index in [1.807, 2.05) is 0 Å². The highest BCUT2D eigenvalue weighted by molar-refractivity contribution is 5.71. The maximum Gasteiger partial charge on any atom is 0.310 e. The van der Waals surface area contributed by atoms with Crippen molar-refractivity contribution in [2.24, 2.45) is 5.92 Å². The van der Waals surface area contributed by atoms with Crippen LogP contribution >= 0.6 is 0 Å². The van der Waals surface area contributed by atoms with Crippen molar-refractivity contribution in [3.8, 4) is 6.07 Å². The number of hydrogen-bond acceptors (Lipinski definition) is 3. The summed E-state index contributed by atoms with van der Waals surface area (Å²) in [6.07, 6.45) is 1.79. The molecular formula is C11H14N2O2. The fourth-order valence-electron chi connectivity index (χ4n) is 1.33. The predicted molar refractivity (Wildman–Crippen MR) is 54.9 cm³/mol. The molecule has 4 nitrogen and oxygen atoms in total. The average Bonchev–Trinajstić information content (AvgIpc) is 2.65. The third-order valence-corrected chi connectivity index (χ3v) is 2.10. The van der Waals surface area contributed by atoms with E-state index in [4.69, 9.17) is 10.00 Å². The summed E-state index contributed by atoms with van der Waals surface area (Å²) in [5.74, 6) is -0.459. The van der Waals surface area contributed by atoms with Gasteiger partial charge in [0.05, 0.1) is 12.5 Å². The van der Waals surface area contributed by atoms with Crippen molar-refractivity contribution in [2.75, 3.05) is 6.61 Å². The Kier molecular flexibility index (Phi) is 3.92. The van der Waals surface area contributed by atoms with Crippen LogP contribution in [0.25, 0.3) is 0 Å². The molecule has 0 aliphatic heterocycles. The van der Waals surface area contributed by atoms with Crippen LogP contribution in [0.5, 0.6) is 0 Å². The summed E-state index contributed by atoms with van der Waals surface area (Å²) in [6.45, 7) is 4.44. The molecule has 0 amide bonds. The standard InChI is InChI=1S/C11H14N2O2/c1-3-15-11(14)9(2)8-13-6-4-5-10(13)7-12/h4-6,9H,3,8H2,1-2H3. The summed E-state index contributed by atoms with van der Waals surface area (Å²) >= 11 is 0. The SMILES string of the molecule is CCOC(=O)C(C)Cn1cccc1C#N. The second-order valence-electron chi connectivity index (χ2n) is 3.31. The highest BCUT2D eigenvalue weighted by Gasteiger charge is 2.15. The molecule has 15 heavy (non-hydrogen) atoms. The maximum atomic E-state index is 11.4. The normalized spacial score (nSPS) is 11.8. The second kappa shape index (κ2) is 5.20. The van der Waals surface area contributed by atoms with Crippen LogP contribution in [0.3, 0.4) is 0 Å².